The number of alkyl halides is 6. The Hall–Kier alpha value is 0.0649. The monoisotopic (exact) mass is 354 g/mol. The van der Waals surface area contributed by atoms with E-state index < -0.39 is 24.6 Å². The molecule has 0 aromatic rings. The van der Waals surface area contributed by atoms with Crippen molar-refractivity contribution in [2.45, 2.75) is 18.0 Å². The average Bonchev–Trinajstić information content (AvgIpc) is 2.60. The fourth-order valence-corrected chi connectivity index (χ4v) is 0.560. The molecule has 0 spiro atoms. The van der Waals surface area contributed by atoms with Crippen LogP contribution in [0.5, 0.6) is 0 Å². The molecule has 0 bridgehead atoms. The van der Waals surface area contributed by atoms with Gasteiger partial charge in [-0.2, -0.15) is 26.3 Å². The summed E-state index contributed by atoms with van der Waals surface area (Å²) in [6.07, 6.45) is -10.7. The quantitative estimate of drug-likeness (QED) is 0.290. The van der Waals surface area contributed by atoms with Gasteiger partial charge in [0.15, 0.2) is 0 Å². The molecule has 0 aromatic carbocycles. The van der Waals surface area contributed by atoms with Gasteiger partial charge in [-0.1, -0.05) is 0 Å². The topological polar surface area (TPSA) is 29.6 Å². The van der Waals surface area contributed by atoms with E-state index in [4.69, 9.17) is 4.70 Å². The van der Waals surface area contributed by atoms with Gasteiger partial charge >= 0.3 is 44.4 Å². The van der Waals surface area contributed by atoms with Crippen molar-refractivity contribution in [2.75, 3.05) is 6.61 Å². The number of epoxide rings is 1. The van der Waals surface area contributed by atoms with Crippen LogP contribution in [-0.2, 0) is 9.44 Å². The van der Waals surface area contributed by atoms with Gasteiger partial charge in [-0.15, -0.1) is 0 Å². The van der Waals surface area contributed by atoms with E-state index in [1.54, 1.807) is 22.4 Å². The molecule has 0 N–H and O–H groups in total. The van der Waals surface area contributed by atoms with Gasteiger partial charge in [0.25, 0.3) is 5.60 Å². The molecule has 1 saturated heterocycles. The van der Waals surface area contributed by atoms with Gasteiger partial charge in [0.2, 0.25) is 0 Å². The van der Waals surface area contributed by atoms with Crippen LogP contribution < -0.4 is 0 Å². The number of rotatable bonds is 0. The van der Waals surface area contributed by atoms with E-state index in [1.807, 2.05) is 0 Å². The molecule has 0 amide bonds. The Morgan fingerprint density at radius 3 is 1.33 bits per heavy atom. The normalized spacial score (nSPS) is 17.8. The minimum atomic E-state index is -5.36. The maximum absolute atomic E-state index is 11.5. The molecule has 0 atom stereocenters. The Bertz CT molecular complexity index is 194. The van der Waals surface area contributed by atoms with Crippen LogP contribution in [0.2, 0.25) is 0 Å². The fourth-order valence-electron chi connectivity index (χ4n) is 0.560. The van der Waals surface area contributed by atoms with E-state index in [0.29, 0.717) is 0 Å². The van der Waals surface area contributed by atoms with Crippen LogP contribution in [0.15, 0.2) is 0 Å². The van der Waals surface area contributed by atoms with Crippen molar-refractivity contribution in [2.24, 2.45) is 0 Å². The van der Waals surface area contributed by atoms with Crippen LogP contribution in [0, 0.1) is 0 Å². The van der Waals surface area contributed by atoms with E-state index in [1.165, 1.54) is 0 Å². The first-order valence-electron chi connectivity index (χ1n) is 2.93. The predicted octanol–water partition coefficient (Wildman–Crippen LogP) is 2.42. The fraction of sp³-hybridized carbons (Fsp3) is 1.00. The summed E-state index contributed by atoms with van der Waals surface area (Å²) < 4.78 is 81.4. The predicted molar refractivity (Wildman–Crippen MR) is 43.8 cm³/mol. The van der Waals surface area contributed by atoms with Crippen molar-refractivity contribution in [3.63, 3.8) is 0 Å². The third-order valence-electron chi connectivity index (χ3n) is 1.35. The van der Waals surface area contributed by atoms with Crippen molar-refractivity contribution >= 4 is 27.4 Å². The van der Waals surface area contributed by atoms with E-state index in [-0.39, 0.29) is 4.70 Å². The summed E-state index contributed by atoms with van der Waals surface area (Å²) in [6, 6.07) is 0. The Balaban J connectivity index is 0. The zero-order chi connectivity index (χ0) is 11.6. The molecular formula is C4H3BF7IO2. The van der Waals surface area contributed by atoms with Crippen molar-refractivity contribution in [1.29, 1.82) is 0 Å². The Kier molecular flexibility index (Phi) is 6.30. The standard InChI is InChI=1S/C4H2F6O.BIO.FH/c5-3(6,7)2(1-11-2)4(8,9)10;2-1-3;/h1H2;;1H. The molecule has 0 unspecified atom stereocenters. The molecule has 90 valence electrons. The van der Waals surface area contributed by atoms with Crippen LogP contribution in [-0.4, -0.2) is 29.6 Å². The Labute approximate surface area is 92.8 Å². The third kappa shape index (κ3) is 3.85. The molecule has 2 nitrogen and oxygen atoms in total. The number of hydrogen-bond acceptors (Lipinski definition) is 2. The summed E-state index contributed by atoms with van der Waals surface area (Å²) in [4.78, 5) is 0. The molecule has 11 heteroatoms. The van der Waals surface area contributed by atoms with Crippen molar-refractivity contribution in [3.05, 3.63) is 0 Å². The molecule has 1 fully saturated rings. The van der Waals surface area contributed by atoms with Crippen molar-refractivity contribution < 1.29 is 40.5 Å². The van der Waals surface area contributed by atoms with Gasteiger partial charge in [-0.3, -0.25) is 4.70 Å². The first-order chi connectivity index (χ1) is 6.12. The molecule has 1 heterocycles. The molecule has 0 aliphatic carbocycles. The van der Waals surface area contributed by atoms with Gasteiger partial charge in [0.05, 0.1) is 6.61 Å². The van der Waals surface area contributed by atoms with Crippen molar-refractivity contribution in [3.8, 4) is 0 Å². The zero-order valence-electron chi connectivity index (χ0n) is 6.65. The van der Waals surface area contributed by atoms with E-state index >= 15 is 0 Å². The van der Waals surface area contributed by atoms with Crippen LogP contribution in [0.3, 0.4) is 0 Å². The summed E-state index contributed by atoms with van der Waals surface area (Å²) in [7, 11) is 0. The second-order valence-electron chi connectivity index (χ2n) is 2.20. The summed E-state index contributed by atoms with van der Waals surface area (Å²) >= 11 is 1.61. The number of halogens is 8. The summed E-state index contributed by atoms with van der Waals surface area (Å²) in [5, 5.41) is 0.720. The summed E-state index contributed by atoms with van der Waals surface area (Å²) in [5.74, 6) is 0. The average molecular weight is 354 g/mol. The summed E-state index contributed by atoms with van der Waals surface area (Å²) in [6.45, 7) is -1.32. The van der Waals surface area contributed by atoms with Crippen LogP contribution >= 0.6 is 22.4 Å². The molecule has 0 radical (unpaired) electrons. The third-order valence-corrected chi connectivity index (χ3v) is 1.35. The summed E-state index contributed by atoms with van der Waals surface area (Å²) in [5.41, 5.74) is -3.88. The van der Waals surface area contributed by atoms with E-state index in [9.17, 15) is 26.3 Å². The molecule has 1 aliphatic heterocycles. The van der Waals surface area contributed by atoms with Gasteiger partial charge in [-0.05, 0) is 0 Å². The molecular weight excluding hydrogens is 351 g/mol. The molecule has 0 saturated carbocycles. The number of ether oxygens (including phenoxy) is 1. The van der Waals surface area contributed by atoms with Crippen LogP contribution in [0.25, 0.3) is 0 Å². The molecule has 15 heavy (non-hydrogen) atoms. The molecule has 0 aromatic heterocycles. The second-order valence-corrected chi connectivity index (χ2v) is 2.71. The van der Waals surface area contributed by atoms with E-state index in [2.05, 4.69) is 4.74 Å². The van der Waals surface area contributed by atoms with E-state index in [0.717, 1.165) is 5.01 Å². The zero-order valence-corrected chi connectivity index (χ0v) is 8.81. The van der Waals surface area contributed by atoms with Crippen LogP contribution in [0.1, 0.15) is 0 Å². The van der Waals surface area contributed by atoms with Gasteiger partial charge in [0.1, 0.15) is 0 Å². The number of hydrogen-bond donors (Lipinski definition) is 0. The molecule has 1 rings (SSSR count). The van der Waals surface area contributed by atoms with Gasteiger partial charge in [-0.25, -0.2) is 0 Å². The molecule has 1 aliphatic rings. The maximum atomic E-state index is 11.5. The minimum absolute atomic E-state index is 0. The van der Waals surface area contributed by atoms with Crippen LogP contribution in [0.4, 0.5) is 31.0 Å². The second kappa shape index (κ2) is 5.41. The van der Waals surface area contributed by atoms with Gasteiger partial charge in [0, 0.05) is 0 Å². The first kappa shape index (κ1) is 17.5. The van der Waals surface area contributed by atoms with Crippen molar-refractivity contribution in [1.82, 2.24) is 0 Å². The SMILES string of the molecule is F.FC(F)(F)C1(C(F)(F)F)CO1.O=BI. The van der Waals surface area contributed by atoms with Gasteiger partial charge < -0.3 is 4.74 Å². The Morgan fingerprint density at radius 1 is 1.13 bits per heavy atom. The first-order valence-corrected chi connectivity index (χ1v) is 4.18. The Morgan fingerprint density at radius 2 is 1.33 bits per heavy atom.